The van der Waals surface area contributed by atoms with Gasteiger partial charge < -0.3 is 9.84 Å². The molecule has 0 bridgehead atoms. The van der Waals surface area contributed by atoms with Crippen LogP contribution in [-0.4, -0.2) is 16.0 Å². The van der Waals surface area contributed by atoms with Gasteiger partial charge in [0, 0.05) is 34.4 Å². The Bertz CT molecular complexity index is 1030. The number of nitrogens with one attached hydrogen (secondary N) is 1. The quantitative estimate of drug-likeness (QED) is 0.364. The minimum Gasteiger partial charge on any atom is -0.339 e. The van der Waals surface area contributed by atoms with Crippen molar-refractivity contribution in [3.05, 3.63) is 69.4 Å². The van der Waals surface area contributed by atoms with Crippen LogP contribution in [0.15, 0.2) is 67.3 Å². The van der Waals surface area contributed by atoms with E-state index in [1.54, 1.807) is 34.4 Å². The third-order valence-corrected chi connectivity index (χ3v) is 6.51. The zero-order valence-electron chi connectivity index (χ0n) is 14.8. The van der Waals surface area contributed by atoms with E-state index in [1.165, 1.54) is 5.56 Å². The van der Waals surface area contributed by atoms with E-state index in [9.17, 15) is 4.79 Å². The first-order valence-electron chi connectivity index (χ1n) is 8.66. The van der Waals surface area contributed by atoms with Gasteiger partial charge in [-0.3, -0.25) is 4.79 Å². The van der Waals surface area contributed by atoms with Gasteiger partial charge in [-0.25, -0.2) is 0 Å². The van der Waals surface area contributed by atoms with E-state index in [4.69, 9.17) is 4.52 Å². The smallest absolute Gasteiger partial charge is 0.227 e. The summed E-state index contributed by atoms with van der Waals surface area (Å²) in [6, 6.07) is 11.9. The molecule has 0 atom stereocenters. The summed E-state index contributed by atoms with van der Waals surface area (Å²) in [7, 11) is 0. The highest BCUT2D eigenvalue weighted by molar-refractivity contribution is 7.98. The molecular weight excluding hydrogens is 410 g/mol. The Hall–Kier alpha value is -2.42. The first-order chi connectivity index (χ1) is 13.8. The summed E-state index contributed by atoms with van der Waals surface area (Å²) in [6.45, 7) is 0. The number of aromatic nitrogens is 2. The van der Waals surface area contributed by atoms with Crippen LogP contribution < -0.4 is 5.32 Å². The average molecular weight is 428 g/mol. The van der Waals surface area contributed by atoms with Crippen molar-refractivity contribution in [1.29, 1.82) is 0 Å². The molecule has 4 rings (SSSR count). The van der Waals surface area contributed by atoms with E-state index in [0.29, 0.717) is 18.1 Å². The average Bonchev–Trinajstić information content (AvgIpc) is 3.48. The molecule has 28 heavy (non-hydrogen) atoms. The standard InChI is InChI=1S/C20H17N3O2S3/c24-18(5-6-19-22-20(23-25-19)15-8-10-27-13-15)21-16-3-1-2-4-17(16)28-12-14-7-9-26-11-14/h1-4,7-11,13H,5-6,12H2,(H,21,24). The van der Waals surface area contributed by atoms with E-state index >= 15 is 0 Å². The molecule has 0 aliphatic heterocycles. The van der Waals surface area contributed by atoms with Crippen LogP contribution in [0.1, 0.15) is 17.9 Å². The first-order valence-corrected chi connectivity index (χ1v) is 11.5. The summed E-state index contributed by atoms with van der Waals surface area (Å²) in [5.41, 5.74) is 3.05. The fourth-order valence-corrected chi connectivity index (χ4v) is 4.89. The molecule has 8 heteroatoms. The van der Waals surface area contributed by atoms with Crippen molar-refractivity contribution in [3.63, 3.8) is 0 Å². The summed E-state index contributed by atoms with van der Waals surface area (Å²) in [6.07, 6.45) is 0.696. The van der Waals surface area contributed by atoms with Gasteiger partial charge in [0.2, 0.25) is 17.6 Å². The SMILES string of the molecule is O=C(CCc1nc(-c2ccsc2)no1)Nc1ccccc1SCc1ccsc1. The minimum atomic E-state index is -0.0705. The Morgan fingerprint density at radius 2 is 1.96 bits per heavy atom. The van der Waals surface area contributed by atoms with Crippen molar-refractivity contribution < 1.29 is 9.32 Å². The maximum Gasteiger partial charge on any atom is 0.227 e. The molecule has 0 spiro atoms. The van der Waals surface area contributed by atoms with Crippen LogP contribution in [0, 0.1) is 0 Å². The van der Waals surface area contributed by atoms with Gasteiger partial charge in [0.15, 0.2) is 0 Å². The van der Waals surface area contributed by atoms with Crippen molar-refractivity contribution in [2.75, 3.05) is 5.32 Å². The Morgan fingerprint density at radius 1 is 1.11 bits per heavy atom. The monoisotopic (exact) mass is 427 g/mol. The molecule has 0 saturated heterocycles. The van der Waals surface area contributed by atoms with E-state index in [0.717, 1.165) is 21.9 Å². The molecule has 0 radical (unpaired) electrons. The molecule has 0 aliphatic carbocycles. The first kappa shape index (κ1) is 18.9. The molecule has 142 valence electrons. The largest absolute Gasteiger partial charge is 0.339 e. The van der Waals surface area contributed by atoms with Gasteiger partial charge in [0.25, 0.3) is 0 Å². The van der Waals surface area contributed by atoms with Crippen molar-refractivity contribution in [3.8, 4) is 11.4 Å². The number of para-hydroxylation sites is 1. The van der Waals surface area contributed by atoms with Crippen LogP contribution in [0.3, 0.4) is 0 Å². The molecule has 1 N–H and O–H groups in total. The molecule has 1 aromatic carbocycles. The molecule has 4 aromatic rings. The predicted octanol–water partition coefficient (Wildman–Crippen LogP) is 5.72. The highest BCUT2D eigenvalue weighted by Crippen LogP contribution is 2.30. The van der Waals surface area contributed by atoms with Gasteiger partial charge in [-0.05, 0) is 46.0 Å². The lowest BCUT2D eigenvalue weighted by atomic mass is 10.2. The van der Waals surface area contributed by atoms with Crippen LogP contribution >= 0.6 is 34.4 Å². The molecule has 3 heterocycles. The number of hydrogen-bond acceptors (Lipinski definition) is 7. The van der Waals surface area contributed by atoms with Gasteiger partial charge in [-0.1, -0.05) is 17.3 Å². The summed E-state index contributed by atoms with van der Waals surface area (Å²) in [5.74, 6) is 1.84. The lowest BCUT2D eigenvalue weighted by molar-refractivity contribution is -0.116. The number of hydrogen-bond donors (Lipinski definition) is 1. The topological polar surface area (TPSA) is 68.0 Å². The number of thioether (sulfide) groups is 1. The van der Waals surface area contributed by atoms with Crippen LogP contribution in [0.5, 0.6) is 0 Å². The van der Waals surface area contributed by atoms with E-state index in [1.807, 2.05) is 41.1 Å². The third kappa shape index (κ3) is 4.89. The maximum absolute atomic E-state index is 12.4. The molecule has 0 saturated carbocycles. The molecule has 5 nitrogen and oxygen atoms in total. The Morgan fingerprint density at radius 3 is 2.79 bits per heavy atom. The molecule has 0 aliphatic rings. The number of thiophene rings is 2. The van der Waals surface area contributed by atoms with Gasteiger partial charge in [0.05, 0.1) is 5.69 Å². The number of rotatable bonds is 8. The maximum atomic E-state index is 12.4. The zero-order chi connectivity index (χ0) is 19.2. The second-order valence-corrected chi connectivity index (χ2v) is 8.57. The Labute approximate surface area is 174 Å². The number of nitrogens with zero attached hydrogens (tertiary/aromatic N) is 2. The molecule has 1 amide bonds. The molecule has 0 unspecified atom stereocenters. The number of anilines is 1. The second kappa shape index (κ2) is 9.18. The zero-order valence-corrected chi connectivity index (χ0v) is 17.3. The number of aryl methyl sites for hydroxylation is 1. The Balaban J connectivity index is 1.32. The molecule has 3 aromatic heterocycles. The number of carbonyl (C=O) groups is 1. The van der Waals surface area contributed by atoms with Gasteiger partial charge in [-0.15, -0.1) is 11.8 Å². The van der Waals surface area contributed by atoms with Crippen molar-refractivity contribution in [2.24, 2.45) is 0 Å². The Kier molecular flexibility index (Phi) is 6.20. The second-order valence-electron chi connectivity index (χ2n) is 5.99. The fraction of sp³-hybridized carbons (Fsp3) is 0.150. The minimum absolute atomic E-state index is 0.0705. The van der Waals surface area contributed by atoms with Gasteiger partial charge in [-0.2, -0.15) is 27.7 Å². The van der Waals surface area contributed by atoms with Gasteiger partial charge in [0.1, 0.15) is 0 Å². The van der Waals surface area contributed by atoms with Crippen LogP contribution in [0.25, 0.3) is 11.4 Å². The van der Waals surface area contributed by atoms with E-state index < -0.39 is 0 Å². The van der Waals surface area contributed by atoms with Crippen molar-refractivity contribution in [2.45, 2.75) is 23.5 Å². The van der Waals surface area contributed by atoms with Crippen LogP contribution in [0.4, 0.5) is 5.69 Å². The number of benzene rings is 1. The van der Waals surface area contributed by atoms with Crippen LogP contribution in [-0.2, 0) is 17.0 Å². The number of carbonyl (C=O) groups excluding carboxylic acids is 1. The van der Waals surface area contributed by atoms with Gasteiger partial charge >= 0.3 is 0 Å². The highest BCUT2D eigenvalue weighted by atomic mass is 32.2. The molecular formula is C20H17N3O2S3. The van der Waals surface area contributed by atoms with Crippen molar-refractivity contribution in [1.82, 2.24) is 10.1 Å². The van der Waals surface area contributed by atoms with E-state index in [2.05, 4.69) is 32.3 Å². The van der Waals surface area contributed by atoms with Crippen LogP contribution in [0.2, 0.25) is 0 Å². The fourth-order valence-electron chi connectivity index (χ4n) is 2.53. The highest BCUT2D eigenvalue weighted by Gasteiger charge is 2.12. The normalized spacial score (nSPS) is 10.9. The summed E-state index contributed by atoms with van der Waals surface area (Å²) < 4.78 is 5.25. The summed E-state index contributed by atoms with van der Waals surface area (Å²) in [4.78, 5) is 17.8. The van der Waals surface area contributed by atoms with Crippen molar-refractivity contribution >= 4 is 46.0 Å². The number of amides is 1. The third-order valence-electron chi connectivity index (χ3n) is 3.95. The molecule has 0 fully saturated rings. The summed E-state index contributed by atoms with van der Waals surface area (Å²) in [5, 5.41) is 15.1. The van der Waals surface area contributed by atoms with E-state index in [-0.39, 0.29) is 12.3 Å². The lowest BCUT2D eigenvalue weighted by Crippen LogP contribution is -2.13. The lowest BCUT2D eigenvalue weighted by Gasteiger charge is -2.10. The predicted molar refractivity (Wildman–Crippen MR) is 115 cm³/mol. The summed E-state index contributed by atoms with van der Waals surface area (Å²) >= 11 is 4.99.